The van der Waals surface area contributed by atoms with Crippen molar-refractivity contribution >= 4 is 11.0 Å². The molecule has 2 aromatic rings. The third-order valence-corrected chi connectivity index (χ3v) is 4.09. The molecule has 20 heavy (non-hydrogen) atoms. The molecule has 3 heteroatoms. The van der Waals surface area contributed by atoms with E-state index in [0.717, 1.165) is 39.9 Å². The van der Waals surface area contributed by atoms with E-state index in [2.05, 4.69) is 53.3 Å². The van der Waals surface area contributed by atoms with Crippen molar-refractivity contribution < 1.29 is 13.4 Å². The van der Waals surface area contributed by atoms with Crippen LogP contribution in [-0.4, -0.2) is 56.8 Å². The van der Waals surface area contributed by atoms with Crippen LogP contribution < -0.4 is 0 Å². The molecule has 0 saturated carbocycles. The Labute approximate surface area is 122 Å². The van der Waals surface area contributed by atoms with Crippen molar-refractivity contribution in [3.63, 3.8) is 0 Å². The molecule has 0 aliphatic rings. The fourth-order valence-electron chi connectivity index (χ4n) is 2.38. The van der Waals surface area contributed by atoms with Crippen LogP contribution in [0.3, 0.4) is 0 Å². The molecule has 0 bridgehead atoms. The van der Waals surface area contributed by atoms with Crippen molar-refractivity contribution in [1.82, 2.24) is 0 Å². The van der Waals surface area contributed by atoms with Gasteiger partial charge in [0.15, 0.2) is 5.76 Å². The molecular weight excluding hydrogens is 248 g/mol. The molecule has 1 aromatic heterocycles. The molecule has 0 aliphatic heterocycles. The van der Waals surface area contributed by atoms with E-state index < -0.39 is 0 Å². The highest BCUT2D eigenvalue weighted by molar-refractivity contribution is 5.77. The van der Waals surface area contributed by atoms with Gasteiger partial charge in [-0.2, -0.15) is 0 Å². The van der Waals surface area contributed by atoms with Gasteiger partial charge < -0.3 is 13.4 Å². The van der Waals surface area contributed by atoms with Crippen molar-refractivity contribution in [2.45, 2.75) is 13.5 Å². The summed E-state index contributed by atoms with van der Waals surface area (Å²) in [5.41, 5.74) is 0.997. The predicted molar refractivity (Wildman–Crippen MR) is 84.4 cm³/mol. The Morgan fingerprint density at radius 3 is 2.30 bits per heavy atom. The minimum Gasteiger partial charge on any atom is -0.455 e. The zero-order valence-corrected chi connectivity index (χ0v) is 13.5. The lowest BCUT2D eigenvalue weighted by Crippen LogP contribution is -2.50. The van der Waals surface area contributed by atoms with E-state index in [0.29, 0.717) is 0 Å². The summed E-state index contributed by atoms with van der Waals surface area (Å²) < 4.78 is 8.01. The lowest BCUT2D eigenvalue weighted by Gasteiger charge is -2.35. The Kier molecular flexibility index (Phi) is 4.21. The molecule has 0 radical (unpaired) electrons. The summed E-state index contributed by atoms with van der Waals surface area (Å²) in [4.78, 5) is 0. The maximum atomic E-state index is 5.98. The van der Waals surface area contributed by atoms with E-state index >= 15 is 0 Å². The number of fused-ring (bicyclic) bond motifs is 1. The molecule has 1 atom stereocenters. The number of rotatable bonds is 6. The minimum atomic E-state index is 0.963. The molecule has 3 nitrogen and oxygen atoms in total. The highest BCUT2D eigenvalue weighted by atomic mass is 16.3. The first-order valence-corrected chi connectivity index (χ1v) is 7.43. The average Bonchev–Trinajstić information content (AvgIpc) is 2.77. The van der Waals surface area contributed by atoms with Crippen molar-refractivity contribution in [1.29, 1.82) is 0 Å². The molecule has 0 N–H and O–H groups in total. The molecule has 0 saturated heterocycles. The van der Waals surface area contributed by atoms with Crippen LogP contribution >= 0.6 is 0 Å². The maximum absolute atomic E-state index is 5.98. The fraction of sp³-hybridized carbons (Fsp3) is 0.529. The maximum Gasteiger partial charge on any atom is 0.159 e. The zero-order valence-electron chi connectivity index (χ0n) is 13.5. The van der Waals surface area contributed by atoms with E-state index in [9.17, 15) is 0 Å². The summed E-state index contributed by atoms with van der Waals surface area (Å²) in [7, 11) is 9.08. The van der Waals surface area contributed by atoms with E-state index in [-0.39, 0.29) is 0 Å². The number of benzene rings is 1. The van der Waals surface area contributed by atoms with Gasteiger partial charge in [-0.05, 0) is 19.1 Å². The van der Waals surface area contributed by atoms with Gasteiger partial charge in [0, 0.05) is 5.39 Å². The SMILES string of the molecule is CC[N+](C)(CC[N+](C)(C)C)Cc1cc2ccccc2o1. The molecule has 1 heterocycles. The first-order chi connectivity index (χ1) is 9.31. The summed E-state index contributed by atoms with van der Waals surface area (Å²) in [5.74, 6) is 1.09. The van der Waals surface area contributed by atoms with Gasteiger partial charge in [0.1, 0.15) is 25.2 Å². The summed E-state index contributed by atoms with van der Waals surface area (Å²) in [5, 5.41) is 1.21. The van der Waals surface area contributed by atoms with Crippen LogP contribution in [0.25, 0.3) is 11.0 Å². The predicted octanol–water partition coefficient (Wildman–Crippen LogP) is 3.11. The highest BCUT2D eigenvalue weighted by Gasteiger charge is 2.25. The summed E-state index contributed by atoms with van der Waals surface area (Å²) in [6, 6.07) is 10.4. The van der Waals surface area contributed by atoms with Crippen molar-refractivity contribution in [3.05, 3.63) is 36.1 Å². The Balaban J connectivity index is 2.12. The van der Waals surface area contributed by atoms with Gasteiger partial charge in [-0.3, -0.25) is 0 Å². The third-order valence-electron chi connectivity index (χ3n) is 4.09. The molecule has 0 fully saturated rings. The quantitative estimate of drug-likeness (QED) is 0.739. The first kappa shape index (κ1) is 15.1. The van der Waals surface area contributed by atoms with Crippen LogP contribution in [0.5, 0.6) is 0 Å². The molecule has 0 spiro atoms. The van der Waals surface area contributed by atoms with Crippen LogP contribution in [-0.2, 0) is 6.54 Å². The molecule has 0 amide bonds. The number of hydrogen-bond donors (Lipinski definition) is 0. The smallest absolute Gasteiger partial charge is 0.159 e. The second-order valence-electron chi connectivity index (χ2n) is 7.08. The summed E-state index contributed by atoms with van der Waals surface area (Å²) >= 11 is 0. The van der Waals surface area contributed by atoms with Gasteiger partial charge in [0.2, 0.25) is 0 Å². The second kappa shape index (κ2) is 5.58. The topological polar surface area (TPSA) is 13.1 Å². The van der Waals surface area contributed by atoms with Gasteiger partial charge in [-0.1, -0.05) is 18.2 Å². The van der Waals surface area contributed by atoms with Crippen LogP contribution in [0.4, 0.5) is 0 Å². The van der Waals surface area contributed by atoms with E-state index in [1.165, 1.54) is 11.9 Å². The number of nitrogens with zero attached hydrogens (tertiary/aromatic N) is 2. The third kappa shape index (κ3) is 3.84. The largest absolute Gasteiger partial charge is 0.455 e. The monoisotopic (exact) mass is 276 g/mol. The van der Waals surface area contributed by atoms with Gasteiger partial charge >= 0.3 is 0 Å². The number of quaternary nitrogens is 2. The van der Waals surface area contributed by atoms with E-state index in [4.69, 9.17) is 4.42 Å². The summed E-state index contributed by atoms with van der Waals surface area (Å²) in [6.45, 7) is 6.68. The average molecular weight is 276 g/mol. The molecule has 0 aliphatic carbocycles. The number of para-hydroxylation sites is 1. The minimum absolute atomic E-state index is 0.963. The standard InChI is InChI=1S/C17H28N2O/c1-6-19(5,12-11-18(2,3)4)14-16-13-15-9-7-8-10-17(15)20-16/h7-10,13H,6,11-12,14H2,1-5H3/q+2. The van der Waals surface area contributed by atoms with Crippen LogP contribution in [0.1, 0.15) is 12.7 Å². The molecule has 1 aromatic carbocycles. The second-order valence-corrected chi connectivity index (χ2v) is 7.08. The number of hydrogen-bond acceptors (Lipinski definition) is 1. The number of furan rings is 1. The Morgan fingerprint density at radius 2 is 1.70 bits per heavy atom. The molecular formula is C17H28N2O+2. The molecule has 2 rings (SSSR count). The van der Waals surface area contributed by atoms with Crippen LogP contribution in [0.2, 0.25) is 0 Å². The van der Waals surface area contributed by atoms with Gasteiger partial charge in [-0.25, -0.2) is 0 Å². The Bertz CT molecular complexity index is 535. The first-order valence-electron chi connectivity index (χ1n) is 7.43. The zero-order chi connectivity index (χ0) is 14.8. The van der Waals surface area contributed by atoms with Crippen LogP contribution in [0.15, 0.2) is 34.7 Å². The molecule has 110 valence electrons. The van der Waals surface area contributed by atoms with Crippen LogP contribution in [0, 0.1) is 0 Å². The van der Waals surface area contributed by atoms with Crippen molar-refractivity contribution in [2.75, 3.05) is 47.8 Å². The lowest BCUT2D eigenvalue weighted by atomic mass is 10.2. The lowest BCUT2D eigenvalue weighted by molar-refractivity contribution is -0.956. The van der Waals surface area contributed by atoms with E-state index in [1.54, 1.807) is 0 Å². The number of likely N-dealkylation sites (N-methyl/N-ethyl adjacent to an activating group) is 2. The highest BCUT2D eigenvalue weighted by Crippen LogP contribution is 2.22. The summed E-state index contributed by atoms with van der Waals surface area (Å²) in [6.07, 6.45) is 0. The van der Waals surface area contributed by atoms with E-state index in [1.807, 2.05) is 12.1 Å². The fourth-order valence-corrected chi connectivity index (χ4v) is 2.38. The van der Waals surface area contributed by atoms with Gasteiger partial charge in [0.25, 0.3) is 0 Å². The van der Waals surface area contributed by atoms with Gasteiger partial charge in [0.05, 0.1) is 34.7 Å². The normalized spacial score (nSPS) is 15.4. The Hall–Kier alpha value is -1.32. The van der Waals surface area contributed by atoms with Crippen molar-refractivity contribution in [2.24, 2.45) is 0 Å². The molecule has 1 unspecified atom stereocenters. The van der Waals surface area contributed by atoms with Gasteiger partial charge in [-0.15, -0.1) is 0 Å². The van der Waals surface area contributed by atoms with Crippen molar-refractivity contribution in [3.8, 4) is 0 Å². The Morgan fingerprint density at radius 1 is 1.00 bits per heavy atom.